The van der Waals surface area contributed by atoms with E-state index in [0.29, 0.717) is 28.2 Å². The Balaban J connectivity index is 1.61. The molecule has 0 fully saturated rings. The standard InChI is InChI=1S/C23H21N5O3/c1-14-9-10-24-19(11-14)26-20(29)13-28(3)23(30)17-12-18(16-7-5-4-6-8-16)25-22-21(17)15(2)27-31-22/h4-12H,13H2,1-3H3,(H,24,26,29). The Morgan fingerprint density at radius 1 is 1.10 bits per heavy atom. The third-order valence-corrected chi connectivity index (χ3v) is 4.83. The SMILES string of the molecule is Cc1ccnc(NC(=O)CN(C)C(=O)c2cc(-c3ccccc3)nc3onc(C)c23)c1. The van der Waals surface area contributed by atoms with Crippen LogP contribution in [0.4, 0.5) is 5.82 Å². The third-order valence-electron chi connectivity index (χ3n) is 4.83. The van der Waals surface area contributed by atoms with Crippen molar-refractivity contribution in [1.82, 2.24) is 20.0 Å². The van der Waals surface area contributed by atoms with Crippen molar-refractivity contribution >= 4 is 28.7 Å². The number of nitrogens with one attached hydrogen (secondary N) is 1. The van der Waals surface area contributed by atoms with Gasteiger partial charge in [0, 0.05) is 18.8 Å². The van der Waals surface area contributed by atoms with Gasteiger partial charge in [-0.05, 0) is 37.6 Å². The molecule has 1 aromatic carbocycles. The minimum atomic E-state index is -0.343. The lowest BCUT2D eigenvalue weighted by molar-refractivity contribution is -0.116. The van der Waals surface area contributed by atoms with Crippen LogP contribution < -0.4 is 5.32 Å². The van der Waals surface area contributed by atoms with Crippen LogP contribution >= 0.6 is 0 Å². The summed E-state index contributed by atoms with van der Waals surface area (Å²) in [6.45, 7) is 3.53. The quantitative estimate of drug-likeness (QED) is 0.534. The van der Waals surface area contributed by atoms with E-state index in [-0.39, 0.29) is 24.1 Å². The number of likely N-dealkylation sites (N-methyl/N-ethyl adjacent to an activating group) is 1. The van der Waals surface area contributed by atoms with Crippen LogP contribution in [-0.2, 0) is 4.79 Å². The summed E-state index contributed by atoms with van der Waals surface area (Å²) >= 11 is 0. The van der Waals surface area contributed by atoms with Crippen LogP contribution in [0, 0.1) is 13.8 Å². The van der Waals surface area contributed by atoms with Gasteiger partial charge < -0.3 is 14.7 Å². The number of hydrogen-bond acceptors (Lipinski definition) is 6. The zero-order chi connectivity index (χ0) is 22.0. The minimum Gasteiger partial charge on any atom is -0.335 e. The second kappa shape index (κ2) is 8.35. The first-order valence-electron chi connectivity index (χ1n) is 9.73. The molecule has 2 amide bonds. The number of pyridine rings is 2. The summed E-state index contributed by atoms with van der Waals surface area (Å²) in [5.41, 5.74) is 3.64. The van der Waals surface area contributed by atoms with Crippen LogP contribution in [0.2, 0.25) is 0 Å². The maximum absolute atomic E-state index is 13.3. The normalized spacial score (nSPS) is 10.8. The van der Waals surface area contributed by atoms with Gasteiger partial charge in [0.15, 0.2) is 0 Å². The van der Waals surface area contributed by atoms with Gasteiger partial charge in [0.1, 0.15) is 5.82 Å². The molecule has 0 aliphatic rings. The van der Waals surface area contributed by atoms with Crippen molar-refractivity contribution in [3.8, 4) is 11.3 Å². The van der Waals surface area contributed by atoms with E-state index in [4.69, 9.17) is 4.52 Å². The zero-order valence-electron chi connectivity index (χ0n) is 17.4. The van der Waals surface area contributed by atoms with Gasteiger partial charge in [-0.3, -0.25) is 9.59 Å². The summed E-state index contributed by atoms with van der Waals surface area (Å²) in [6.07, 6.45) is 1.62. The first kappa shape index (κ1) is 20.2. The number of rotatable bonds is 5. The minimum absolute atomic E-state index is 0.136. The molecule has 3 aromatic heterocycles. The Morgan fingerprint density at radius 2 is 1.87 bits per heavy atom. The average molecular weight is 415 g/mol. The molecule has 0 saturated carbocycles. The molecule has 0 aliphatic heterocycles. The van der Waals surface area contributed by atoms with Gasteiger partial charge >= 0.3 is 0 Å². The van der Waals surface area contributed by atoms with E-state index >= 15 is 0 Å². The third kappa shape index (κ3) is 4.28. The highest BCUT2D eigenvalue weighted by atomic mass is 16.5. The molecule has 0 aliphatic carbocycles. The van der Waals surface area contributed by atoms with Gasteiger partial charge in [0.2, 0.25) is 5.91 Å². The van der Waals surface area contributed by atoms with E-state index in [1.54, 1.807) is 32.3 Å². The zero-order valence-corrected chi connectivity index (χ0v) is 17.4. The molecule has 8 nitrogen and oxygen atoms in total. The molecule has 0 spiro atoms. The first-order valence-corrected chi connectivity index (χ1v) is 9.73. The molecule has 4 aromatic rings. The second-order valence-corrected chi connectivity index (χ2v) is 7.30. The molecular weight excluding hydrogens is 394 g/mol. The maximum atomic E-state index is 13.3. The topological polar surface area (TPSA) is 101 Å². The molecule has 0 atom stereocenters. The lowest BCUT2D eigenvalue weighted by Crippen LogP contribution is -2.35. The summed E-state index contributed by atoms with van der Waals surface area (Å²) in [5.74, 6) is -0.230. The number of anilines is 1. The van der Waals surface area contributed by atoms with Crippen LogP contribution in [0.3, 0.4) is 0 Å². The lowest BCUT2D eigenvalue weighted by atomic mass is 10.0. The Kier molecular flexibility index (Phi) is 5.44. The van der Waals surface area contributed by atoms with E-state index in [1.165, 1.54) is 4.90 Å². The van der Waals surface area contributed by atoms with E-state index < -0.39 is 0 Å². The number of carbonyl (C=O) groups excluding carboxylic acids is 2. The molecule has 3 heterocycles. The fourth-order valence-corrected chi connectivity index (χ4v) is 3.30. The first-order chi connectivity index (χ1) is 14.9. The number of aromatic nitrogens is 3. The fourth-order valence-electron chi connectivity index (χ4n) is 3.30. The average Bonchev–Trinajstić information content (AvgIpc) is 3.14. The Morgan fingerprint density at radius 3 is 2.61 bits per heavy atom. The molecule has 0 bridgehead atoms. The smallest absolute Gasteiger partial charge is 0.259 e. The monoisotopic (exact) mass is 415 g/mol. The predicted molar refractivity (Wildman–Crippen MR) is 117 cm³/mol. The van der Waals surface area contributed by atoms with E-state index in [2.05, 4.69) is 20.4 Å². The van der Waals surface area contributed by atoms with Crippen molar-refractivity contribution in [2.45, 2.75) is 13.8 Å². The van der Waals surface area contributed by atoms with E-state index in [0.717, 1.165) is 11.1 Å². The largest absolute Gasteiger partial charge is 0.335 e. The van der Waals surface area contributed by atoms with Gasteiger partial charge in [0.05, 0.1) is 28.9 Å². The Labute approximate surface area is 178 Å². The molecule has 0 unspecified atom stereocenters. The van der Waals surface area contributed by atoms with Crippen LogP contribution in [-0.4, -0.2) is 45.4 Å². The second-order valence-electron chi connectivity index (χ2n) is 7.30. The Hall–Kier alpha value is -4.07. The Bertz CT molecular complexity index is 1270. The molecule has 4 rings (SSSR count). The molecular formula is C23H21N5O3. The molecule has 1 N–H and O–H groups in total. The molecule has 0 radical (unpaired) electrons. The van der Waals surface area contributed by atoms with Crippen LogP contribution in [0.15, 0.2) is 59.3 Å². The van der Waals surface area contributed by atoms with Crippen LogP contribution in [0.25, 0.3) is 22.4 Å². The van der Waals surface area contributed by atoms with Crippen LogP contribution in [0.5, 0.6) is 0 Å². The van der Waals surface area contributed by atoms with Crippen molar-refractivity contribution in [3.63, 3.8) is 0 Å². The number of fused-ring (bicyclic) bond motifs is 1. The van der Waals surface area contributed by atoms with Crippen molar-refractivity contribution in [2.24, 2.45) is 0 Å². The van der Waals surface area contributed by atoms with Crippen molar-refractivity contribution in [3.05, 3.63) is 71.5 Å². The van der Waals surface area contributed by atoms with E-state index in [1.807, 2.05) is 43.3 Å². The summed E-state index contributed by atoms with van der Waals surface area (Å²) in [7, 11) is 1.57. The van der Waals surface area contributed by atoms with Gasteiger partial charge in [-0.2, -0.15) is 0 Å². The highest BCUT2D eigenvalue weighted by molar-refractivity contribution is 6.08. The molecule has 0 saturated heterocycles. The van der Waals surface area contributed by atoms with Crippen molar-refractivity contribution < 1.29 is 14.1 Å². The number of amides is 2. The van der Waals surface area contributed by atoms with Gasteiger partial charge in [-0.15, -0.1) is 0 Å². The van der Waals surface area contributed by atoms with Gasteiger partial charge in [-0.25, -0.2) is 9.97 Å². The summed E-state index contributed by atoms with van der Waals surface area (Å²) in [6, 6.07) is 14.8. The van der Waals surface area contributed by atoms with E-state index in [9.17, 15) is 9.59 Å². The maximum Gasteiger partial charge on any atom is 0.259 e. The molecule has 8 heteroatoms. The fraction of sp³-hybridized carbons (Fsp3) is 0.174. The van der Waals surface area contributed by atoms with Gasteiger partial charge in [0.25, 0.3) is 11.6 Å². The number of benzene rings is 1. The van der Waals surface area contributed by atoms with Crippen molar-refractivity contribution in [1.29, 1.82) is 0 Å². The van der Waals surface area contributed by atoms with Crippen LogP contribution in [0.1, 0.15) is 21.6 Å². The molecule has 31 heavy (non-hydrogen) atoms. The predicted octanol–water partition coefficient (Wildman–Crippen LogP) is 3.61. The highest BCUT2D eigenvalue weighted by Crippen LogP contribution is 2.27. The number of carbonyl (C=O) groups is 2. The summed E-state index contributed by atoms with van der Waals surface area (Å²) in [4.78, 5) is 35.7. The summed E-state index contributed by atoms with van der Waals surface area (Å²) in [5, 5.41) is 7.21. The number of aryl methyl sites for hydroxylation is 2. The number of hydrogen-bond donors (Lipinski definition) is 1. The number of nitrogens with zero attached hydrogens (tertiary/aromatic N) is 4. The van der Waals surface area contributed by atoms with Crippen molar-refractivity contribution in [2.75, 3.05) is 18.9 Å². The highest BCUT2D eigenvalue weighted by Gasteiger charge is 2.23. The summed E-state index contributed by atoms with van der Waals surface area (Å²) < 4.78 is 5.33. The lowest BCUT2D eigenvalue weighted by Gasteiger charge is -2.17. The van der Waals surface area contributed by atoms with Gasteiger partial charge in [-0.1, -0.05) is 35.5 Å². The molecule has 156 valence electrons.